The van der Waals surface area contributed by atoms with Gasteiger partial charge in [-0.25, -0.2) is 0 Å². The second kappa shape index (κ2) is 11.1. The third kappa shape index (κ3) is 6.84. The molecule has 1 aromatic carbocycles. The number of carbonyl (C=O) groups excluding carboxylic acids is 1. The van der Waals surface area contributed by atoms with Crippen molar-refractivity contribution < 1.29 is 4.79 Å². The lowest BCUT2D eigenvalue weighted by atomic mass is 10.0. The number of hydrogen-bond donors (Lipinski definition) is 2. The van der Waals surface area contributed by atoms with Crippen molar-refractivity contribution in [1.29, 1.82) is 0 Å². The Balaban J connectivity index is 1.67. The molecule has 1 aliphatic heterocycles. The molecule has 0 atom stereocenters. The van der Waals surface area contributed by atoms with E-state index in [1.807, 2.05) is 25.8 Å². The van der Waals surface area contributed by atoms with Crippen molar-refractivity contribution in [3.8, 4) is 0 Å². The monoisotopic (exact) mass is 386 g/mol. The van der Waals surface area contributed by atoms with E-state index in [2.05, 4.69) is 53.7 Å². The lowest BCUT2D eigenvalue weighted by Gasteiger charge is -2.34. The van der Waals surface area contributed by atoms with E-state index in [9.17, 15) is 4.79 Å². The first-order chi connectivity index (χ1) is 13.4. The number of carbonyl (C=O) groups is 1. The van der Waals surface area contributed by atoms with Gasteiger partial charge in [0, 0.05) is 38.6 Å². The van der Waals surface area contributed by atoms with Gasteiger partial charge in [0.05, 0.1) is 0 Å². The highest BCUT2D eigenvalue weighted by Crippen LogP contribution is 2.15. The van der Waals surface area contributed by atoms with Crippen molar-refractivity contribution in [3.05, 3.63) is 35.4 Å². The molecular formula is C23H38N4O. The Labute approximate surface area is 171 Å². The summed E-state index contributed by atoms with van der Waals surface area (Å²) in [6, 6.07) is 9.35. The van der Waals surface area contributed by atoms with E-state index in [4.69, 9.17) is 0 Å². The number of nitrogens with one attached hydrogen (secondary N) is 2. The van der Waals surface area contributed by atoms with Crippen LogP contribution < -0.4 is 10.6 Å². The molecule has 5 heteroatoms. The highest BCUT2D eigenvalue weighted by Gasteiger charge is 2.24. The predicted molar refractivity (Wildman–Crippen MR) is 118 cm³/mol. The van der Waals surface area contributed by atoms with Gasteiger partial charge in [0.1, 0.15) is 0 Å². The lowest BCUT2D eigenvalue weighted by Crippen LogP contribution is -2.50. The van der Waals surface area contributed by atoms with Crippen molar-refractivity contribution in [1.82, 2.24) is 15.5 Å². The summed E-state index contributed by atoms with van der Waals surface area (Å²) >= 11 is 0. The Bertz CT molecular complexity index is 629. The number of likely N-dealkylation sites (tertiary alicyclic amines) is 1. The maximum atomic E-state index is 12.1. The van der Waals surface area contributed by atoms with Gasteiger partial charge in [-0.15, -0.1) is 0 Å². The molecule has 0 bridgehead atoms. The van der Waals surface area contributed by atoms with Crippen molar-refractivity contribution in [2.24, 2.45) is 10.9 Å². The van der Waals surface area contributed by atoms with Crippen LogP contribution in [-0.2, 0) is 11.2 Å². The molecule has 2 N–H and O–H groups in total. The molecule has 1 saturated heterocycles. The van der Waals surface area contributed by atoms with Gasteiger partial charge in [-0.2, -0.15) is 0 Å². The molecule has 0 radical (unpaired) electrons. The predicted octanol–water partition coefficient (Wildman–Crippen LogP) is 3.55. The molecule has 156 valence electrons. The summed E-state index contributed by atoms with van der Waals surface area (Å²) in [5.41, 5.74) is 2.78. The van der Waals surface area contributed by atoms with Crippen LogP contribution in [0, 0.1) is 5.92 Å². The van der Waals surface area contributed by atoms with Crippen LogP contribution in [0.15, 0.2) is 29.3 Å². The van der Waals surface area contributed by atoms with E-state index in [1.165, 1.54) is 11.1 Å². The molecule has 0 spiro atoms. The maximum absolute atomic E-state index is 12.1. The topological polar surface area (TPSA) is 56.7 Å². The molecule has 0 aromatic heterocycles. The maximum Gasteiger partial charge on any atom is 0.225 e. The van der Waals surface area contributed by atoms with Gasteiger partial charge in [-0.05, 0) is 42.7 Å². The third-order valence-corrected chi connectivity index (χ3v) is 5.45. The number of piperidine rings is 1. The number of nitrogens with zero attached hydrogens (tertiary/aromatic N) is 2. The van der Waals surface area contributed by atoms with Crippen molar-refractivity contribution >= 4 is 11.9 Å². The van der Waals surface area contributed by atoms with Gasteiger partial charge in [-0.3, -0.25) is 9.79 Å². The smallest absolute Gasteiger partial charge is 0.225 e. The first-order valence-electron chi connectivity index (χ1n) is 10.8. The number of guanidine groups is 1. The largest absolute Gasteiger partial charge is 0.356 e. The number of aliphatic imine (C=N–C) groups is 1. The van der Waals surface area contributed by atoms with Gasteiger partial charge < -0.3 is 15.5 Å². The van der Waals surface area contributed by atoms with Crippen LogP contribution in [0.1, 0.15) is 64.0 Å². The van der Waals surface area contributed by atoms with Crippen LogP contribution in [0.4, 0.5) is 0 Å². The Kier molecular flexibility index (Phi) is 8.81. The van der Waals surface area contributed by atoms with Crippen LogP contribution in [0.3, 0.4) is 0 Å². The second-order valence-electron chi connectivity index (χ2n) is 8.40. The fourth-order valence-corrected chi connectivity index (χ4v) is 3.57. The van der Waals surface area contributed by atoms with Gasteiger partial charge in [0.25, 0.3) is 0 Å². The van der Waals surface area contributed by atoms with Crippen molar-refractivity contribution in [2.45, 2.75) is 65.3 Å². The molecule has 1 heterocycles. The molecule has 0 aliphatic carbocycles. The molecule has 1 fully saturated rings. The van der Waals surface area contributed by atoms with Crippen LogP contribution in [0.25, 0.3) is 0 Å². The average Bonchev–Trinajstić information content (AvgIpc) is 2.70. The number of amides is 1. The zero-order chi connectivity index (χ0) is 20.5. The first kappa shape index (κ1) is 22.3. The van der Waals surface area contributed by atoms with Gasteiger partial charge >= 0.3 is 0 Å². The Morgan fingerprint density at radius 1 is 1.14 bits per heavy atom. The summed E-state index contributed by atoms with van der Waals surface area (Å²) in [6.07, 6.45) is 4.09. The summed E-state index contributed by atoms with van der Waals surface area (Å²) < 4.78 is 0. The standard InChI is InChI=1S/C23H38N4O/c1-17(2)20-10-8-19(9-11-20)7-6-14-25-23(24-5)26-21-12-15-27(16-13-21)22(28)18(3)4/h8-11,17-18,21H,6-7,12-16H2,1-5H3,(H2,24,25,26). The first-order valence-corrected chi connectivity index (χ1v) is 10.8. The van der Waals surface area contributed by atoms with Gasteiger partial charge in [-0.1, -0.05) is 52.0 Å². The van der Waals surface area contributed by atoms with Crippen molar-refractivity contribution in [2.75, 3.05) is 26.7 Å². The highest BCUT2D eigenvalue weighted by atomic mass is 16.2. The average molecular weight is 387 g/mol. The van der Waals surface area contributed by atoms with Gasteiger partial charge in [0.2, 0.25) is 5.91 Å². The SMILES string of the molecule is CN=C(NCCCc1ccc(C(C)C)cc1)NC1CCN(C(=O)C(C)C)CC1. The number of benzene rings is 1. The van der Waals surface area contributed by atoms with E-state index in [1.54, 1.807) is 0 Å². The second-order valence-corrected chi connectivity index (χ2v) is 8.40. The molecule has 2 rings (SSSR count). The zero-order valence-electron chi connectivity index (χ0n) is 18.3. The summed E-state index contributed by atoms with van der Waals surface area (Å²) in [5, 5.41) is 6.94. The van der Waals surface area contributed by atoms with Crippen LogP contribution in [0.5, 0.6) is 0 Å². The highest BCUT2D eigenvalue weighted by molar-refractivity contribution is 5.80. The molecule has 0 unspecified atom stereocenters. The molecule has 28 heavy (non-hydrogen) atoms. The van der Waals surface area contributed by atoms with Crippen LogP contribution in [0.2, 0.25) is 0 Å². The van der Waals surface area contributed by atoms with E-state index >= 15 is 0 Å². The summed E-state index contributed by atoms with van der Waals surface area (Å²) in [7, 11) is 1.82. The number of rotatable bonds is 7. The zero-order valence-corrected chi connectivity index (χ0v) is 18.3. The molecule has 1 aromatic rings. The van der Waals surface area contributed by atoms with Crippen molar-refractivity contribution in [3.63, 3.8) is 0 Å². The minimum Gasteiger partial charge on any atom is -0.356 e. The Hall–Kier alpha value is -2.04. The summed E-state index contributed by atoms with van der Waals surface area (Å²) in [4.78, 5) is 18.4. The normalized spacial score (nSPS) is 16.0. The van der Waals surface area contributed by atoms with E-state index < -0.39 is 0 Å². The Morgan fingerprint density at radius 2 is 1.79 bits per heavy atom. The lowest BCUT2D eigenvalue weighted by molar-refractivity contribution is -0.135. The Morgan fingerprint density at radius 3 is 2.32 bits per heavy atom. The molecular weight excluding hydrogens is 348 g/mol. The molecule has 0 saturated carbocycles. The van der Waals surface area contributed by atoms with Crippen LogP contribution >= 0.6 is 0 Å². The third-order valence-electron chi connectivity index (χ3n) is 5.45. The van der Waals surface area contributed by atoms with Gasteiger partial charge in [0.15, 0.2) is 5.96 Å². The van der Waals surface area contributed by atoms with E-state index in [0.29, 0.717) is 12.0 Å². The summed E-state index contributed by atoms with van der Waals surface area (Å²) in [6.45, 7) is 11.0. The van der Waals surface area contributed by atoms with E-state index in [0.717, 1.165) is 51.3 Å². The summed E-state index contributed by atoms with van der Waals surface area (Å²) in [5.74, 6) is 1.80. The number of aryl methyl sites for hydroxylation is 1. The molecule has 5 nitrogen and oxygen atoms in total. The minimum atomic E-state index is 0.0838. The minimum absolute atomic E-state index is 0.0838. The molecule has 1 aliphatic rings. The fourth-order valence-electron chi connectivity index (χ4n) is 3.57. The fraction of sp³-hybridized carbons (Fsp3) is 0.652. The van der Waals surface area contributed by atoms with E-state index in [-0.39, 0.29) is 11.8 Å². The molecule has 1 amide bonds. The quantitative estimate of drug-likeness (QED) is 0.428. The number of hydrogen-bond acceptors (Lipinski definition) is 2. The van der Waals surface area contributed by atoms with Crippen LogP contribution in [-0.4, -0.2) is 49.5 Å².